The van der Waals surface area contributed by atoms with Crippen molar-refractivity contribution >= 4 is 5.78 Å². The molecule has 0 bridgehead atoms. The Morgan fingerprint density at radius 3 is 2.53 bits per heavy atom. The molecule has 88 valence electrons. The van der Waals surface area contributed by atoms with Crippen LogP contribution in [0.4, 0.5) is 0 Å². The summed E-state index contributed by atoms with van der Waals surface area (Å²) in [6.45, 7) is 2.06. The summed E-state index contributed by atoms with van der Waals surface area (Å²) in [6.07, 6.45) is 2.96. The SMILES string of the molecule is Cc1ccc(CCC(=O)c2ccnn2C)cc1. The van der Waals surface area contributed by atoms with Crippen LogP contribution in [0, 0.1) is 6.92 Å². The van der Waals surface area contributed by atoms with Gasteiger partial charge in [-0.05, 0) is 25.0 Å². The molecule has 0 amide bonds. The number of ketones is 1. The van der Waals surface area contributed by atoms with Crippen LogP contribution in [0.15, 0.2) is 36.5 Å². The summed E-state index contributed by atoms with van der Waals surface area (Å²) >= 11 is 0. The third-order valence-corrected chi connectivity index (χ3v) is 2.87. The minimum absolute atomic E-state index is 0.144. The summed E-state index contributed by atoms with van der Waals surface area (Å²) in [7, 11) is 1.79. The molecule has 0 radical (unpaired) electrons. The Morgan fingerprint density at radius 2 is 1.94 bits per heavy atom. The minimum Gasteiger partial charge on any atom is -0.292 e. The van der Waals surface area contributed by atoms with Gasteiger partial charge in [0.25, 0.3) is 0 Å². The zero-order chi connectivity index (χ0) is 12.3. The van der Waals surface area contributed by atoms with Crippen molar-refractivity contribution in [2.24, 2.45) is 7.05 Å². The van der Waals surface area contributed by atoms with Gasteiger partial charge in [0.2, 0.25) is 0 Å². The number of hydrogen-bond donors (Lipinski definition) is 0. The number of nitrogens with zero attached hydrogens (tertiary/aromatic N) is 2. The number of aryl methyl sites for hydroxylation is 3. The Labute approximate surface area is 101 Å². The van der Waals surface area contributed by atoms with E-state index in [-0.39, 0.29) is 5.78 Å². The molecule has 3 nitrogen and oxygen atoms in total. The van der Waals surface area contributed by atoms with Gasteiger partial charge in [0, 0.05) is 19.7 Å². The zero-order valence-corrected chi connectivity index (χ0v) is 10.2. The molecule has 0 fully saturated rings. The van der Waals surface area contributed by atoms with Crippen molar-refractivity contribution in [2.45, 2.75) is 19.8 Å². The average molecular weight is 228 g/mol. The predicted molar refractivity (Wildman–Crippen MR) is 67.0 cm³/mol. The van der Waals surface area contributed by atoms with Crippen LogP contribution in [0.2, 0.25) is 0 Å². The van der Waals surface area contributed by atoms with E-state index in [0.29, 0.717) is 12.1 Å². The highest BCUT2D eigenvalue weighted by Crippen LogP contribution is 2.09. The van der Waals surface area contributed by atoms with Crippen LogP contribution in [0.5, 0.6) is 0 Å². The molecule has 2 aromatic rings. The molecule has 0 spiro atoms. The second-order valence-electron chi connectivity index (χ2n) is 4.25. The molecule has 0 aliphatic rings. The van der Waals surface area contributed by atoms with Crippen molar-refractivity contribution in [1.29, 1.82) is 0 Å². The van der Waals surface area contributed by atoms with E-state index >= 15 is 0 Å². The number of carbonyl (C=O) groups excluding carboxylic acids is 1. The number of carbonyl (C=O) groups is 1. The van der Waals surface area contributed by atoms with Gasteiger partial charge in [-0.25, -0.2) is 0 Å². The molecule has 1 heterocycles. The van der Waals surface area contributed by atoms with Crippen LogP contribution in [0.25, 0.3) is 0 Å². The Balaban J connectivity index is 1.97. The van der Waals surface area contributed by atoms with Crippen molar-refractivity contribution in [3.8, 4) is 0 Å². The Bertz CT molecular complexity index is 511. The van der Waals surface area contributed by atoms with E-state index in [9.17, 15) is 4.79 Å². The van der Waals surface area contributed by atoms with Crippen molar-refractivity contribution in [3.63, 3.8) is 0 Å². The topological polar surface area (TPSA) is 34.9 Å². The van der Waals surface area contributed by atoms with Gasteiger partial charge < -0.3 is 0 Å². The number of rotatable bonds is 4. The smallest absolute Gasteiger partial charge is 0.181 e. The summed E-state index contributed by atoms with van der Waals surface area (Å²) in [5.74, 6) is 0.144. The van der Waals surface area contributed by atoms with Gasteiger partial charge in [0.05, 0.1) is 0 Å². The molecule has 0 aliphatic carbocycles. The van der Waals surface area contributed by atoms with Crippen LogP contribution in [-0.4, -0.2) is 15.6 Å². The lowest BCUT2D eigenvalue weighted by Gasteiger charge is -2.02. The first-order valence-electron chi connectivity index (χ1n) is 5.73. The molecule has 0 unspecified atom stereocenters. The van der Waals surface area contributed by atoms with Crippen LogP contribution in [0.1, 0.15) is 28.0 Å². The van der Waals surface area contributed by atoms with E-state index in [1.165, 1.54) is 11.1 Å². The van der Waals surface area contributed by atoms with Crippen LogP contribution < -0.4 is 0 Å². The monoisotopic (exact) mass is 228 g/mol. The number of aromatic nitrogens is 2. The minimum atomic E-state index is 0.144. The van der Waals surface area contributed by atoms with E-state index in [2.05, 4.69) is 36.3 Å². The Kier molecular flexibility index (Phi) is 3.38. The lowest BCUT2D eigenvalue weighted by Crippen LogP contribution is -2.07. The fourth-order valence-corrected chi connectivity index (χ4v) is 1.79. The third kappa shape index (κ3) is 2.81. The molecule has 17 heavy (non-hydrogen) atoms. The van der Waals surface area contributed by atoms with Gasteiger partial charge >= 0.3 is 0 Å². The standard InChI is InChI=1S/C14H16N2O/c1-11-3-5-12(6-4-11)7-8-14(17)13-9-10-15-16(13)2/h3-6,9-10H,7-8H2,1-2H3. The van der Waals surface area contributed by atoms with E-state index in [4.69, 9.17) is 0 Å². The third-order valence-electron chi connectivity index (χ3n) is 2.87. The first-order valence-corrected chi connectivity index (χ1v) is 5.73. The normalized spacial score (nSPS) is 10.5. The fraction of sp³-hybridized carbons (Fsp3) is 0.286. The van der Waals surface area contributed by atoms with E-state index in [1.807, 2.05) is 0 Å². The van der Waals surface area contributed by atoms with Crippen LogP contribution in [-0.2, 0) is 13.5 Å². The summed E-state index contributed by atoms with van der Waals surface area (Å²) < 4.78 is 1.62. The summed E-state index contributed by atoms with van der Waals surface area (Å²) in [5, 5.41) is 4.00. The highest BCUT2D eigenvalue weighted by molar-refractivity contribution is 5.94. The predicted octanol–water partition coefficient (Wildman–Crippen LogP) is 2.54. The van der Waals surface area contributed by atoms with Gasteiger partial charge in [-0.3, -0.25) is 9.48 Å². The number of Topliss-reactive ketones (excluding diaryl/α,β-unsaturated/α-hetero) is 1. The average Bonchev–Trinajstić information content (AvgIpc) is 2.74. The zero-order valence-electron chi connectivity index (χ0n) is 10.2. The fourth-order valence-electron chi connectivity index (χ4n) is 1.79. The second kappa shape index (κ2) is 4.95. The summed E-state index contributed by atoms with van der Waals surface area (Å²) in [4.78, 5) is 11.9. The molecular formula is C14H16N2O. The molecule has 0 N–H and O–H groups in total. The van der Waals surface area contributed by atoms with Crippen molar-refractivity contribution < 1.29 is 4.79 Å². The molecule has 0 aliphatic heterocycles. The Hall–Kier alpha value is -1.90. The van der Waals surface area contributed by atoms with E-state index in [0.717, 1.165) is 6.42 Å². The number of benzene rings is 1. The van der Waals surface area contributed by atoms with Gasteiger partial charge in [-0.15, -0.1) is 0 Å². The van der Waals surface area contributed by atoms with Crippen LogP contribution >= 0.6 is 0 Å². The first-order chi connectivity index (χ1) is 8.16. The maximum atomic E-state index is 11.9. The summed E-state index contributed by atoms with van der Waals surface area (Å²) in [5.41, 5.74) is 3.12. The highest BCUT2D eigenvalue weighted by Gasteiger charge is 2.09. The lowest BCUT2D eigenvalue weighted by atomic mass is 10.0. The van der Waals surface area contributed by atoms with Gasteiger partial charge in [0.15, 0.2) is 5.78 Å². The highest BCUT2D eigenvalue weighted by atomic mass is 16.1. The van der Waals surface area contributed by atoms with E-state index < -0.39 is 0 Å². The largest absolute Gasteiger partial charge is 0.292 e. The van der Waals surface area contributed by atoms with Crippen molar-refractivity contribution in [2.75, 3.05) is 0 Å². The van der Waals surface area contributed by atoms with Gasteiger partial charge in [-0.2, -0.15) is 5.10 Å². The summed E-state index contributed by atoms with van der Waals surface area (Å²) in [6, 6.07) is 10.1. The molecule has 0 saturated heterocycles. The molecule has 1 aromatic carbocycles. The van der Waals surface area contributed by atoms with Crippen LogP contribution in [0.3, 0.4) is 0 Å². The number of hydrogen-bond acceptors (Lipinski definition) is 2. The molecule has 3 heteroatoms. The lowest BCUT2D eigenvalue weighted by molar-refractivity contribution is 0.0974. The molecular weight excluding hydrogens is 212 g/mol. The molecule has 1 aromatic heterocycles. The molecule has 0 atom stereocenters. The van der Waals surface area contributed by atoms with Gasteiger partial charge in [0.1, 0.15) is 5.69 Å². The van der Waals surface area contributed by atoms with Crippen molar-refractivity contribution in [1.82, 2.24) is 9.78 Å². The molecule has 2 rings (SSSR count). The Morgan fingerprint density at radius 1 is 1.24 bits per heavy atom. The maximum Gasteiger partial charge on any atom is 0.181 e. The molecule has 0 saturated carbocycles. The van der Waals surface area contributed by atoms with Gasteiger partial charge in [-0.1, -0.05) is 29.8 Å². The maximum absolute atomic E-state index is 11.9. The first kappa shape index (κ1) is 11.6. The quantitative estimate of drug-likeness (QED) is 0.754. The second-order valence-corrected chi connectivity index (χ2v) is 4.25. The van der Waals surface area contributed by atoms with E-state index in [1.54, 1.807) is 24.0 Å². The van der Waals surface area contributed by atoms with Crippen molar-refractivity contribution in [3.05, 3.63) is 53.3 Å².